The van der Waals surface area contributed by atoms with E-state index in [4.69, 9.17) is 23.2 Å². The molecule has 1 aromatic carbocycles. The number of anilines is 2. The van der Waals surface area contributed by atoms with Crippen molar-refractivity contribution in [2.75, 3.05) is 10.6 Å². The van der Waals surface area contributed by atoms with Gasteiger partial charge in [-0.2, -0.15) is 0 Å². The molecule has 4 nitrogen and oxygen atoms in total. The highest BCUT2D eigenvalue weighted by Gasteiger charge is 2.53. The third-order valence-electron chi connectivity index (χ3n) is 7.52. The fourth-order valence-corrected chi connectivity index (χ4v) is 7.48. The second-order valence-corrected chi connectivity index (χ2v) is 11.4. The standard InChI is InChI=1S/C25H30Cl2FN3OS/c26-17-11-12-33-23(17)25(30-20-13-18(27)19(28)14-21(20)31-25)22(15-7-3-1-4-8-15)24(32)29-16-9-5-2-6-10-16/h11-16,22,30-31H,1-10H2,(H,29,32). The van der Waals surface area contributed by atoms with E-state index >= 15 is 0 Å². The van der Waals surface area contributed by atoms with Crippen LogP contribution in [0.2, 0.25) is 10.0 Å². The van der Waals surface area contributed by atoms with Crippen LogP contribution in [-0.4, -0.2) is 11.9 Å². The summed E-state index contributed by atoms with van der Waals surface area (Å²) < 4.78 is 14.4. The van der Waals surface area contributed by atoms with E-state index in [9.17, 15) is 9.18 Å². The monoisotopic (exact) mass is 509 g/mol. The van der Waals surface area contributed by atoms with Gasteiger partial charge in [0, 0.05) is 12.1 Å². The van der Waals surface area contributed by atoms with E-state index in [1.165, 1.54) is 30.2 Å². The number of carbonyl (C=O) groups excluding carboxylic acids is 1. The molecule has 2 saturated carbocycles. The average molecular weight is 511 g/mol. The van der Waals surface area contributed by atoms with Crippen molar-refractivity contribution in [3.05, 3.63) is 44.3 Å². The van der Waals surface area contributed by atoms with Gasteiger partial charge >= 0.3 is 0 Å². The summed E-state index contributed by atoms with van der Waals surface area (Å²) >= 11 is 14.3. The average Bonchev–Trinajstić information content (AvgIpc) is 3.39. The third-order valence-corrected chi connectivity index (χ3v) is 9.29. The largest absolute Gasteiger partial charge is 0.356 e. The number of hydrogen-bond donors (Lipinski definition) is 3. The van der Waals surface area contributed by atoms with Gasteiger partial charge in [0.25, 0.3) is 0 Å². The Morgan fingerprint density at radius 1 is 1.00 bits per heavy atom. The number of amides is 1. The molecule has 2 aliphatic carbocycles. The van der Waals surface area contributed by atoms with E-state index in [0.29, 0.717) is 16.4 Å². The Hall–Kier alpha value is -1.50. The molecule has 3 aliphatic rings. The molecule has 3 N–H and O–H groups in total. The van der Waals surface area contributed by atoms with Gasteiger partial charge in [0.15, 0.2) is 5.66 Å². The minimum Gasteiger partial charge on any atom is -0.356 e. The van der Waals surface area contributed by atoms with Crippen LogP contribution >= 0.6 is 34.5 Å². The molecular weight excluding hydrogens is 480 g/mol. The lowest BCUT2D eigenvalue weighted by molar-refractivity contribution is -0.130. The Bertz CT molecular complexity index is 986. The molecule has 0 bridgehead atoms. The lowest BCUT2D eigenvalue weighted by atomic mass is 9.72. The Balaban J connectivity index is 1.58. The molecule has 2 unspecified atom stereocenters. The maximum atomic E-state index is 14.4. The summed E-state index contributed by atoms with van der Waals surface area (Å²) in [5, 5.41) is 13.1. The van der Waals surface area contributed by atoms with Gasteiger partial charge in [-0.1, -0.05) is 61.7 Å². The number of hydrogen-bond acceptors (Lipinski definition) is 4. The molecule has 33 heavy (non-hydrogen) atoms. The lowest BCUT2D eigenvalue weighted by Crippen LogP contribution is -2.56. The van der Waals surface area contributed by atoms with Crippen molar-refractivity contribution in [3.63, 3.8) is 0 Å². The fourth-order valence-electron chi connectivity index (χ4n) is 5.96. The first-order chi connectivity index (χ1) is 16.0. The summed E-state index contributed by atoms with van der Waals surface area (Å²) in [4.78, 5) is 14.9. The van der Waals surface area contributed by atoms with E-state index in [-0.39, 0.29) is 22.9 Å². The van der Waals surface area contributed by atoms with Gasteiger partial charge < -0.3 is 16.0 Å². The van der Waals surface area contributed by atoms with Crippen molar-refractivity contribution in [1.82, 2.24) is 5.32 Å². The quantitative estimate of drug-likeness (QED) is 0.390. The van der Waals surface area contributed by atoms with E-state index in [1.807, 2.05) is 11.4 Å². The third kappa shape index (κ3) is 4.46. The molecule has 0 radical (unpaired) electrons. The topological polar surface area (TPSA) is 53.2 Å². The van der Waals surface area contributed by atoms with Gasteiger partial charge in [-0.3, -0.25) is 4.79 Å². The first-order valence-corrected chi connectivity index (χ1v) is 13.7. The molecular formula is C25H30Cl2FN3OS. The minimum absolute atomic E-state index is 0.0528. The highest BCUT2D eigenvalue weighted by Crippen LogP contribution is 2.52. The Morgan fingerprint density at radius 3 is 2.27 bits per heavy atom. The Kier molecular flexibility index (Phi) is 6.79. The first kappa shape index (κ1) is 23.3. The van der Waals surface area contributed by atoms with Gasteiger partial charge in [0.1, 0.15) is 5.82 Å². The van der Waals surface area contributed by atoms with Gasteiger partial charge in [-0.15, -0.1) is 11.3 Å². The molecule has 178 valence electrons. The van der Waals surface area contributed by atoms with Crippen LogP contribution < -0.4 is 16.0 Å². The second-order valence-electron chi connectivity index (χ2n) is 9.69. The van der Waals surface area contributed by atoms with Gasteiger partial charge in [-0.25, -0.2) is 4.39 Å². The summed E-state index contributed by atoms with van der Waals surface area (Å²) in [6.07, 6.45) is 11.0. The van der Waals surface area contributed by atoms with Crippen LogP contribution in [0.1, 0.15) is 69.1 Å². The van der Waals surface area contributed by atoms with Crippen molar-refractivity contribution in [2.24, 2.45) is 11.8 Å². The maximum absolute atomic E-state index is 14.4. The second kappa shape index (κ2) is 9.63. The van der Waals surface area contributed by atoms with Gasteiger partial charge in [0.2, 0.25) is 5.91 Å². The molecule has 1 aliphatic heterocycles. The van der Waals surface area contributed by atoms with Crippen molar-refractivity contribution in [1.29, 1.82) is 0 Å². The van der Waals surface area contributed by atoms with Crippen LogP contribution in [0, 0.1) is 17.7 Å². The van der Waals surface area contributed by atoms with Crippen molar-refractivity contribution < 1.29 is 9.18 Å². The predicted octanol–water partition coefficient (Wildman–Crippen LogP) is 7.53. The van der Waals surface area contributed by atoms with Gasteiger partial charge in [-0.05, 0) is 49.1 Å². The normalized spacial score (nSPS) is 24.6. The molecule has 1 amide bonds. The number of rotatable bonds is 5. The summed E-state index contributed by atoms with van der Waals surface area (Å²) in [5.41, 5.74) is 0.343. The van der Waals surface area contributed by atoms with Crippen LogP contribution in [0.4, 0.5) is 15.8 Å². The summed E-state index contributed by atoms with van der Waals surface area (Å²) in [5.74, 6) is -0.642. The molecule has 2 heterocycles. The SMILES string of the molecule is O=C(NC1CCCCC1)C(C1CCCCC1)C1(c2sccc2Cl)Nc2cc(F)c(Cl)cc2N1. The van der Waals surface area contributed by atoms with Crippen LogP contribution in [0.25, 0.3) is 0 Å². The maximum Gasteiger partial charge on any atom is 0.228 e. The highest BCUT2D eigenvalue weighted by molar-refractivity contribution is 7.10. The molecule has 8 heteroatoms. The molecule has 2 aromatic rings. The molecule has 0 spiro atoms. The number of nitrogens with one attached hydrogen (secondary N) is 3. The van der Waals surface area contributed by atoms with E-state index in [1.54, 1.807) is 6.07 Å². The van der Waals surface area contributed by atoms with Gasteiger partial charge in [0.05, 0.1) is 32.2 Å². The number of thiophene rings is 1. The predicted molar refractivity (Wildman–Crippen MR) is 135 cm³/mol. The Labute approximate surface area is 208 Å². The van der Waals surface area contributed by atoms with Crippen LogP contribution in [0.15, 0.2) is 23.6 Å². The minimum atomic E-state index is -0.953. The van der Waals surface area contributed by atoms with E-state index < -0.39 is 17.4 Å². The van der Waals surface area contributed by atoms with Crippen molar-refractivity contribution in [3.8, 4) is 0 Å². The smallest absolute Gasteiger partial charge is 0.228 e. The molecule has 2 atom stereocenters. The number of halogens is 3. The fraction of sp³-hybridized carbons (Fsp3) is 0.560. The highest BCUT2D eigenvalue weighted by atomic mass is 35.5. The lowest BCUT2D eigenvalue weighted by Gasteiger charge is -2.43. The zero-order chi connectivity index (χ0) is 23.0. The van der Waals surface area contributed by atoms with Crippen molar-refractivity contribution in [2.45, 2.75) is 75.9 Å². The molecule has 2 fully saturated rings. The summed E-state index contributed by atoms with van der Waals surface area (Å²) in [6, 6.07) is 5.08. The summed E-state index contributed by atoms with van der Waals surface area (Å²) in [6.45, 7) is 0. The van der Waals surface area contributed by atoms with Crippen molar-refractivity contribution >= 4 is 51.8 Å². The van der Waals surface area contributed by atoms with Crippen LogP contribution in [0.5, 0.6) is 0 Å². The number of fused-ring (bicyclic) bond motifs is 1. The van der Waals surface area contributed by atoms with E-state index in [0.717, 1.165) is 56.2 Å². The number of benzene rings is 1. The molecule has 5 rings (SSSR count). The zero-order valence-electron chi connectivity index (χ0n) is 18.6. The number of carbonyl (C=O) groups is 1. The van der Waals surface area contributed by atoms with E-state index in [2.05, 4.69) is 16.0 Å². The first-order valence-electron chi connectivity index (χ1n) is 12.1. The van der Waals surface area contributed by atoms with Crippen LogP contribution in [-0.2, 0) is 10.5 Å². The Morgan fingerprint density at radius 2 is 1.64 bits per heavy atom. The zero-order valence-corrected chi connectivity index (χ0v) is 20.9. The summed E-state index contributed by atoms with van der Waals surface area (Å²) in [7, 11) is 0. The van der Waals surface area contributed by atoms with Crippen LogP contribution in [0.3, 0.4) is 0 Å². The molecule has 1 aromatic heterocycles. The molecule has 0 saturated heterocycles.